The topological polar surface area (TPSA) is 52.1 Å². The largest absolute Gasteiger partial charge is 0.431 e. The molecule has 2 aromatic heterocycles. The van der Waals surface area contributed by atoms with Crippen molar-refractivity contribution in [3.63, 3.8) is 0 Å². The van der Waals surface area contributed by atoms with Gasteiger partial charge in [-0.1, -0.05) is 12.1 Å². The summed E-state index contributed by atoms with van der Waals surface area (Å²) in [7, 11) is 0. The van der Waals surface area contributed by atoms with Crippen molar-refractivity contribution in [3.8, 4) is 22.3 Å². The predicted octanol–water partition coefficient (Wildman–Crippen LogP) is 9.88. The molecular weight excluding hydrogens is 773 g/mol. The number of rotatable bonds is 2. The Balaban J connectivity index is 1.91. The summed E-state index contributed by atoms with van der Waals surface area (Å²) in [5, 5.41) is 0. The smallest absolute Gasteiger partial charge is 0.417 e. The molecule has 0 N–H and O–H groups in total. The number of aromatic nitrogens is 2. The molecule has 15 heteroatoms. The lowest BCUT2D eigenvalue weighted by molar-refractivity contribution is -0.143. The summed E-state index contributed by atoms with van der Waals surface area (Å²) in [6.07, 6.45) is -14.9. The van der Waals surface area contributed by atoms with E-state index >= 15 is 0 Å². The monoisotopic (exact) mass is 782 g/mol. The van der Waals surface area contributed by atoms with E-state index in [4.69, 9.17) is 8.83 Å². The molecule has 0 saturated heterocycles. The van der Waals surface area contributed by atoms with Crippen LogP contribution in [0, 0.1) is 14.7 Å². The van der Waals surface area contributed by atoms with Crippen LogP contribution >= 0.6 is 45.2 Å². The van der Waals surface area contributed by atoms with Crippen LogP contribution in [0.25, 0.3) is 44.5 Å². The Morgan fingerprint density at radius 2 is 1.05 bits per heavy atom. The van der Waals surface area contributed by atoms with Crippen LogP contribution in [-0.4, -0.2) is 9.97 Å². The SMILES string of the molecule is Cc1cc(C(F)(F)F)ccc1-c1c2nc(I)oc2c(-c2ccc(C(F)(F)F)cc2C(F)(F)F)c2nc(I)oc12. The van der Waals surface area contributed by atoms with Crippen LogP contribution < -0.4 is 0 Å². The summed E-state index contributed by atoms with van der Waals surface area (Å²) in [5.41, 5.74) is -5.18. The van der Waals surface area contributed by atoms with Gasteiger partial charge in [0.1, 0.15) is 11.0 Å². The summed E-state index contributed by atoms with van der Waals surface area (Å²) >= 11 is 3.30. The van der Waals surface area contributed by atoms with Gasteiger partial charge < -0.3 is 8.83 Å². The van der Waals surface area contributed by atoms with Crippen LogP contribution in [0.15, 0.2) is 45.2 Å². The fourth-order valence-corrected chi connectivity index (χ4v) is 5.20. The van der Waals surface area contributed by atoms with E-state index in [2.05, 4.69) is 9.97 Å². The zero-order valence-electron chi connectivity index (χ0n) is 18.8. The lowest BCUT2D eigenvalue weighted by atomic mass is 9.91. The second-order valence-corrected chi connectivity index (χ2v) is 10.2. The van der Waals surface area contributed by atoms with E-state index in [1.807, 2.05) is 0 Å². The number of halogens is 11. The third kappa shape index (κ3) is 4.95. The number of alkyl halides is 9. The van der Waals surface area contributed by atoms with Crippen LogP contribution in [0.3, 0.4) is 0 Å². The predicted molar refractivity (Wildman–Crippen MR) is 138 cm³/mol. The van der Waals surface area contributed by atoms with Crippen molar-refractivity contribution < 1.29 is 48.3 Å². The van der Waals surface area contributed by atoms with Gasteiger partial charge >= 0.3 is 18.5 Å². The van der Waals surface area contributed by atoms with E-state index < -0.39 is 40.8 Å². The standard InChI is InChI=1S/C24H9F9I2N2O2/c1-8-6-9(22(25,26)27)2-4-11(8)14-16-19(39-20(34)36-16)15(17-18(14)38-21(35)37-17)12-5-3-10(23(28,29)30)7-13(12)24(31,32)33/h2-7H,1H3. The first-order valence-electron chi connectivity index (χ1n) is 10.5. The first-order chi connectivity index (χ1) is 18.0. The van der Waals surface area contributed by atoms with E-state index in [0.717, 1.165) is 12.1 Å². The molecule has 0 saturated carbocycles. The quantitative estimate of drug-likeness (QED) is 0.132. The molecule has 204 valence electrons. The second kappa shape index (κ2) is 9.24. The van der Waals surface area contributed by atoms with Crippen molar-refractivity contribution in [3.05, 3.63) is 66.4 Å². The van der Waals surface area contributed by atoms with Crippen molar-refractivity contribution in [2.24, 2.45) is 0 Å². The van der Waals surface area contributed by atoms with Crippen LogP contribution in [0.5, 0.6) is 0 Å². The second-order valence-electron chi connectivity index (χ2n) is 8.32. The molecule has 0 aliphatic heterocycles. The Bertz CT molecular complexity index is 1710. The normalized spacial score (nSPS) is 13.1. The molecule has 5 rings (SSSR count). The van der Waals surface area contributed by atoms with Crippen LogP contribution in [-0.2, 0) is 18.5 Å². The molecule has 0 amide bonds. The van der Waals surface area contributed by atoms with Crippen molar-refractivity contribution in [1.29, 1.82) is 0 Å². The van der Waals surface area contributed by atoms with Gasteiger partial charge in [0.2, 0.25) is 0 Å². The summed E-state index contributed by atoms with van der Waals surface area (Å²) in [5.74, 6) is 0. The van der Waals surface area contributed by atoms with Gasteiger partial charge in [0.05, 0.1) is 27.8 Å². The number of aryl methyl sites for hydroxylation is 1. The van der Waals surface area contributed by atoms with Crippen LogP contribution in [0.1, 0.15) is 22.3 Å². The zero-order valence-corrected chi connectivity index (χ0v) is 23.1. The molecule has 0 radical (unpaired) electrons. The van der Waals surface area contributed by atoms with Crippen molar-refractivity contribution in [1.82, 2.24) is 9.97 Å². The molecular formula is C24H9F9I2N2O2. The summed E-state index contributed by atoms with van der Waals surface area (Å²) in [4.78, 5) is 8.42. The first-order valence-corrected chi connectivity index (χ1v) is 12.7. The molecule has 0 fully saturated rings. The number of benzene rings is 3. The molecule has 0 aliphatic rings. The molecule has 0 atom stereocenters. The molecule has 0 spiro atoms. The lowest BCUT2D eigenvalue weighted by Gasteiger charge is -2.17. The molecule has 5 aromatic rings. The number of fused-ring (bicyclic) bond motifs is 2. The fraction of sp³-hybridized carbons (Fsp3) is 0.167. The lowest BCUT2D eigenvalue weighted by Crippen LogP contribution is -2.12. The van der Waals surface area contributed by atoms with Gasteiger partial charge in [0.15, 0.2) is 11.2 Å². The molecule has 4 nitrogen and oxygen atoms in total. The Hall–Kier alpha value is -2.57. The molecule has 3 aromatic carbocycles. The van der Waals surface area contributed by atoms with Crippen LogP contribution in [0.2, 0.25) is 0 Å². The van der Waals surface area contributed by atoms with Gasteiger partial charge in [-0.15, -0.1) is 0 Å². The summed E-state index contributed by atoms with van der Waals surface area (Å²) in [6, 6.07) is 4.06. The Kier molecular flexibility index (Phi) is 6.63. The number of nitrogens with zero attached hydrogens (tertiary/aromatic N) is 2. The number of oxazole rings is 2. The van der Waals surface area contributed by atoms with Gasteiger partial charge in [-0.3, -0.25) is 0 Å². The highest BCUT2D eigenvalue weighted by atomic mass is 127. The van der Waals surface area contributed by atoms with E-state index in [9.17, 15) is 39.5 Å². The first kappa shape index (κ1) is 28.0. The third-order valence-corrected chi connectivity index (χ3v) is 6.80. The number of hydrogen-bond donors (Lipinski definition) is 0. The minimum atomic E-state index is -5.21. The Labute approximate surface area is 238 Å². The highest BCUT2D eigenvalue weighted by molar-refractivity contribution is 14.1. The van der Waals surface area contributed by atoms with Gasteiger partial charge in [-0.25, -0.2) is 9.97 Å². The highest BCUT2D eigenvalue weighted by Crippen LogP contribution is 2.49. The molecule has 0 unspecified atom stereocenters. The van der Waals surface area contributed by atoms with E-state index in [0.29, 0.717) is 12.1 Å². The fourth-order valence-electron chi connectivity index (χ4n) is 4.27. The van der Waals surface area contributed by atoms with E-state index in [1.54, 1.807) is 45.2 Å². The zero-order chi connectivity index (χ0) is 28.7. The van der Waals surface area contributed by atoms with Crippen molar-refractivity contribution in [2.75, 3.05) is 0 Å². The molecule has 0 aliphatic carbocycles. The average Bonchev–Trinajstić information content (AvgIpc) is 3.37. The van der Waals surface area contributed by atoms with Crippen molar-refractivity contribution >= 4 is 67.4 Å². The van der Waals surface area contributed by atoms with Gasteiger partial charge in [0, 0.05) is 50.7 Å². The Morgan fingerprint density at radius 1 is 0.615 bits per heavy atom. The molecule has 2 heterocycles. The maximum absolute atomic E-state index is 14.1. The highest BCUT2D eigenvalue weighted by Gasteiger charge is 2.40. The van der Waals surface area contributed by atoms with Gasteiger partial charge in [-0.2, -0.15) is 39.5 Å². The van der Waals surface area contributed by atoms with Crippen molar-refractivity contribution in [2.45, 2.75) is 25.5 Å². The summed E-state index contributed by atoms with van der Waals surface area (Å²) < 4.78 is 133. The van der Waals surface area contributed by atoms with Gasteiger partial charge in [-0.05, 0) is 42.3 Å². The maximum atomic E-state index is 14.1. The minimum Gasteiger partial charge on any atom is -0.431 e. The summed E-state index contributed by atoms with van der Waals surface area (Å²) in [6.45, 7) is 1.40. The maximum Gasteiger partial charge on any atom is 0.417 e. The van der Waals surface area contributed by atoms with E-state index in [1.165, 1.54) is 13.0 Å². The van der Waals surface area contributed by atoms with Gasteiger partial charge in [0.25, 0.3) is 7.79 Å². The number of hydrogen-bond acceptors (Lipinski definition) is 4. The van der Waals surface area contributed by atoms with E-state index in [-0.39, 0.29) is 58.3 Å². The molecule has 39 heavy (non-hydrogen) atoms. The molecule has 0 bridgehead atoms. The van der Waals surface area contributed by atoms with Crippen LogP contribution in [0.4, 0.5) is 39.5 Å². The average molecular weight is 782 g/mol. The Morgan fingerprint density at radius 3 is 1.49 bits per heavy atom. The minimum absolute atomic E-state index is 0.00664. The third-order valence-electron chi connectivity index (χ3n) is 5.87.